The van der Waals surface area contributed by atoms with Crippen molar-refractivity contribution in [2.45, 2.75) is 19.8 Å². The minimum absolute atomic E-state index is 0.607. The third kappa shape index (κ3) is 4.70. The molecule has 0 bridgehead atoms. The molecule has 0 amide bonds. The van der Waals surface area contributed by atoms with E-state index in [1.165, 1.54) is 11.1 Å². The third-order valence-corrected chi connectivity index (χ3v) is 6.11. The van der Waals surface area contributed by atoms with Crippen LogP contribution in [-0.4, -0.2) is 33.4 Å². The molecule has 30 heavy (non-hydrogen) atoms. The van der Waals surface area contributed by atoms with E-state index in [9.17, 15) is 0 Å². The Morgan fingerprint density at radius 2 is 1.83 bits per heavy atom. The van der Waals surface area contributed by atoms with E-state index in [1.807, 2.05) is 28.9 Å². The van der Waals surface area contributed by atoms with Crippen LogP contribution < -0.4 is 4.74 Å². The van der Waals surface area contributed by atoms with E-state index < -0.39 is 0 Å². The van der Waals surface area contributed by atoms with Crippen LogP contribution in [0.15, 0.2) is 72.1 Å². The van der Waals surface area contributed by atoms with Crippen LogP contribution in [0.4, 0.5) is 0 Å². The van der Waals surface area contributed by atoms with Gasteiger partial charge in [-0.25, -0.2) is 4.68 Å². The summed E-state index contributed by atoms with van der Waals surface area (Å²) >= 11 is 7.51. The second kappa shape index (κ2) is 9.38. The van der Waals surface area contributed by atoms with Crippen LogP contribution in [0.25, 0.3) is 10.7 Å². The van der Waals surface area contributed by atoms with Crippen molar-refractivity contribution in [2.24, 2.45) is 0 Å². The first-order valence-corrected chi connectivity index (χ1v) is 11.0. The molecule has 0 radical (unpaired) electrons. The van der Waals surface area contributed by atoms with Gasteiger partial charge in [-0.3, -0.25) is 9.47 Å². The van der Waals surface area contributed by atoms with Crippen molar-refractivity contribution in [3.05, 3.63) is 88.0 Å². The smallest absolute Gasteiger partial charge is 0.199 e. The molecule has 5 nitrogen and oxygen atoms in total. The van der Waals surface area contributed by atoms with Crippen LogP contribution in [-0.2, 0) is 19.8 Å². The van der Waals surface area contributed by atoms with Gasteiger partial charge >= 0.3 is 0 Å². The summed E-state index contributed by atoms with van der Waals surface area (Å²) in [5.41, 5.74) is 2.39. The molecule has 2 aromatic heterocycles. The number of rotatable bonds is 8. The van der Waals surface area contributed by atoms with E-state index in [2.05, 4.69) is 64.4 Å². The number of thiophene rings is 1. The Hall–Kier alpha value is -2.74. The average molecular weight is 437 g/mol. The summed E-state index contributed by atoms with van der Waals surface area (Å²) in [5, 5.41) is 6.95. The largest absolute Gasteiger partial charge is 0.497 e. The number of aromatic nitrogens is 3. The maximum atomic E-state index is 5.83. The second-order valence-electron chi connectivity index (χ2n) is 7.16. The van der Waals surface area contributed by atoms with Gasteiger partial charge in [0.2, 0.25) is 0 Å². The van der Waals surface area contributed by atoms with Crippen molar-refractivity contribution in [3.8, 4) is 16.5 Å². The first kappa shape index (κ1) is 20.5. The van der Waals surface area contributed by atoms with Crippen molar-refractivity contribution in [3.63, 3.8) is 0 Å². The first-order valence-electron chi connectivity index (χ1n) is 9.71. The average Bonchev–Trinajstić information content (AvgIpc) is 3.39. The summed E-state index contributed by atoms with van der Waals surface area (Å²) in [6.45, 7) is 2.08. The van der Waals surface area contributed by atoms with Crippen LogP contribution in [0.3, 0.4) is 0 Å². The molecule has 0 fully saturated rings. The Morgan fingerprint density at radius 3 is 2.57 bits per heavy atom. The van der Waals surface area contributed by atoms with E-state index in [4.69, 9.17) is 22.1 Å². The normalized spacial score (nSPS) is 11.2. The summed E-state index contributed by atoms with van der Waals surface area (Å²) in [5.74, 6) is 1.78. The maximum Gasteiger partial charge on any atom is 0.199 e. The van der Waals surface area contributed by atoms with Gasteiger partial charge in [0.05, 0.1) is 25.2 Å². The summed E-state index contributed by atoms with van der Waals surface area (Å²) in [4.78, 5) is 3.31. The Balaban J connectivity index is 1.60. The SMILES string of the molecule is COc1cccc(CN(C)Cn2nc(-c3cccs3)n(Cc3ccccc3)c2=S)c1. The highest BCUT2D eigenvalue weighted by molar-refractivity contribution is 7.71. The molecule has 0 spiro atoms. The molecule has 4 rings (SSSR count). The van der Waals surface area contributed by atoms with Crippen LogP contribution in [0, 0.1) is 4.77 Å². The van der Waals surface area contributed by atoms with E-state index in [0.717, 1.165) is 27.8 Å². The minimum Gasteiger partial charge on any atom is -0.497 e. The Labute approximate surface area is 185 Å². The van der Waals surface area contributed by atoms with Crippen molar-refractivity contribution in [1.82, 2.24) is 19.2 Å². The molecule has 7 heteroatoms. The lowest BCUT2D eigenvalue weighted by Gasteiger charge is -2.17. The Morgan fingerprint density at radius 1 is 1.03 bits per heavy atom. The lowest BCUT2D eigenvalue weighted by atomic mass is 10.2. The molecule has 0 saturated carbocycles. The molecular weight excluding hydrogens is 412 g/mol. The van der Waals surface area contributed by atoms with Crippen molar-refractivity contribution < 1.29 is 4.74 Å². The Kier molecular flexibility index (Phi) is 6.42. The van der Waals surface area contributed by atoms with Gasteiger partial charge in [-0.15, -0.1) is 16.4 Å². The van der Waals surface area contributed by atoms with Gasteiger partial charge in [-0.2, -0.15) is 0 Å². The molecule has 0 atom stereocenters. The summed E-state index contributed by atoms with van der Waals surface area (Å²) in [7, 11) is 3.76. The molecule has 2 aromatic carbocycles. The molecular formula is C23H24N4OS2. The number of hydrogen-bond donors (Lipinski definition) is 0. The van der Waals surface area contributed by atoms with Crippen molar-refractivity contribution in [1.29, 1.82) is 0 Å². The predicted molar refractivity (Wildman–Crippen MR) is 124 cm³/mol. The number of methoxy groups -OCH3 is 1. The van der Waals surface area contributed by atoms with Crippen molar-refractivity contribution in [2.75, 3.05) is 14.2 Å². The number of ether oxygens (including phenoxy) is 1. The van der Waals surface area contributed by atoms with Crippen molar-refractivity contribution >= 4 is 23.6 Å². The number of nitrogens with zero attached hydrogens (tertiary/aromatic N) is 4. The van der Waals surface area contributed by atoms with Gasteiger partial charge < -0.3 is 4.74 Å². The van der Waals surface area contributed by atoms with E-state index in [1.54, 1.807) is 18.4 Å². The zero-order valence-electron chi connectivity index (χ0n) is 17.1. The maximum absolute atomic E-state index is 5.83. The molecule has 0 aliphatic carbocycles. The van der Waals surface area contributed by atoms with E-state index in [-0.39, 0.29) is 0 Å². The van der Waals surface area contributed by atoms with Gasteiger partial charge in [-0.05, 0) is 54.0 Å². The molecule has 4 aromatic rings. The minimum atomic E-state index is 0.607. The summed E-state index contributed by atoms with van der Waals surface area (Å²) < 4.78 is 10.1. The lowest BCUT2D eigenvalue weighted by molar-refractivity contribution is 0.243. The van der Waals surface area contributed by atoms with Crippen LogP contribution in [0.1, 0.15) is 11.1 Å². The second-order valence-corrected chi connectivity index (χ2v) is 8.47. The van der Waals surface area contributed by atoms with Gasteiger partial charge in [0.1, 0.15) is 5.75 Å². The molecule has 154 valence electrons. The number of hydrogen-bond acceptors (Lipinski definition) is 5. The van der Waals surface area contributed by atoms with Gasteiger partial charge in [0, 0.05) is 6.54 Å². The summed E-state index contributed by atoms with van der Waals surface area (Å²) in [6, 6.07) is 22.6. The Bertz CT molecular complexity index is 1150. The standard InChI is InChI=1S/C23H24N4OS2/c1-25(15-19-10-6-11-20(14-19)28-2)17-27-23(29)26(16-18-8-4-3-5-9-18)22(24-27)21-12-7-13-30-21/h3-14H,15-17H2,1-2H3. The monoisotopic (exact) mass is 436 g/mol. The molecule has 0 N–H and O–H groups in total. The highest BCUT2D eigenvalue weighted by atomic mass is 32.1. The van der Waals surface area contributed by atoms with Gasteiger partial charge in [0.15, 0.2) is 10.6 Å². The van der Waals surface area contributed by atoms with Crippen LogP contribution in [0.2, 0.25) is 0 Å². The topological polar surface area (TPSA) is 35.2 Å². The fourth-order valence-electron chi connectivity index (χ4n) is 3.39. The lowest BCUT2D eigenvalue weighted by Crippen LogP contribution is -2.22. The van der Waals surface area contributed by atoms with Gasteiger partial charge in [-0.1, -0.05) is 48.5 Å². The van der Waals surface area contributed by atoms with E-state index in [0.29, 0.717) is 13.2 Å². The molecule has 2 heterocycles. The van der Waals surface area contributed by atoms with E-state index >= 15 is 0 Å². The highest BCUT2D eigenvalue weighted by Gasteiger charge is 2.15. The predicted octanol–water partition coefficient (Wildman–Crippen LogP) is 5.29. The third-order valence-electron chi connectivity index (χ3n) is 4.81. The van der Waals surface area contributed by atoms with Gasteiger partial charge in [0.25, 0.3) is 0 Å². The molecule has 0 saturated heterocycles. The fraction of sp³-hybridized carbons (Fsp3) is 0.217. The first-order chi connectivity index (χ1) is 14.6. The van der Waals surface area contributed by atoms with Crippen LogP contribution >= 0.6 is 23.6 Å². The molecule has 0 aliphatic heterocycles. The molecule has 0 unspecified atom stereocenters. The zero-order chi connectivity index (χ0) is 20.9. The fourth-order valence-corrected chi connectivity index (χ4v) is 4.36. The quantitative estimate of drug-likeness (QED) is 0.352. The zero-order valence-corrected chi connectivity index (χ0v) is 18.7. The molecule has 0 aliphatic rings. The number of benzene rings is 2. The summed E-state index contributed by atoms with van der Waals surface area (Å²) in [6.07, 6.45) is 0. The highest BCUT2D eigenvalue weighted by Crippen LogP contribution is 2.25. The van der Waals surface area contributed by atoms with Crippen LogP contribution in [0.5, 0.6) is 5.75 Å².